The van der Waals surface area contributed by atoms with Crippen molar-refractivity contribution in [1.82, 2.24) is 14.9 Å². The lowest BCUT2D eigenvalue weighted by Gasteiger charge is -2.20. The predicted octanol–water partition coefficient (Wildman–Crippen LogP) is 1.32. The third-order valence-electron chi connectivity index (χ3n) is 3.97. The summed E-state index contributed by atoms with van der Waals surface area (Å²) in [4.78, 5) is 34.3. The van der Waals surface area contributed by atoms with E-state index in [1.54, 1.807) is 19.1 Å². The Morgan fingerprint density at radius 2 is 2.05 bits per heavy atom. The number of hydrogen-bond acceptors (Lipinski definition) is 4. The first-order chi connectivity index (χ1) is 10.6. The van der Waals surface area contributed by atoms with Gasteiger partial charge >= 0.3 is 5.97 Å². The summed E-state index contributed by atoms with van der Waals surface area (Å²) < 4.78 is 0. The molecular formula is C15H18N4O3. The van der Waals surface area contributed by atoms with Gasteiger partial charge in [0.2, 0.25) is 11.9 Å². The molecule has 0 unspecified atom stereocenters. The summed E-state index contributed by atoms with van der Waals surface area (Å²) in [5.74, 6) is -0.240. The Balaban J connectivity index is 1.89. The second-order valence-electron chi connectivity index (χ2n) is 5.41. The molecule has 1 saturated heterocycles. The monoisotopic (exact) mass is 302 g/mol. The number of aromatic nitrogens is 2. The molecule has 0 spiro atoms. The van der Waals surface area contributed by atoms with E-state index in [4.69, 9.17) is 0 Å². The number of carbonyl (C=O) groups excluding carboxylic acids is 1. The Labute approximate surface area is 127 Å². The number of rotatable bonds is 2. The van der Waals surface area contributed by atoms with Crippen LogP contribution in [0.2, 0.25) is 0 Å². The average Bonchev–Trinajstić information content (AvgIpc) is 2.75. The van der Waals surface area contributed by atoms with Gasteiger partial charge in [-0.15, -0.1) is 0 Å². The van der Waals surface area contributed by atoms with E-state index < -0.39 is 5.97 Å². The van der Waals surface area contributed by atoms with Crippen LogP contribution in [-0.2, 0) is 4.79 Å². The Bertz CT molecular complexity index is 725. The first kappa shape index (κ1) is 14.4. The Kier molecular flexibility index (Phi) is 3.70. The molecule has 0 aliphatic carbocycles. The molecule has 2 aromatic rings. The van der Waals surface area contributed by atoms with Crippen molar-refractivity contribution in [2.24, 2.45) is 0 Å². The van der Waals surface area contributed by atoms with E-state index in [2.05, 4.69) is 14.9 Å². The van der Waals surface area contributed by atoms with Crippen LogP contribution in [0.5, 0.6) is 0 Å². The fraction of sp³-hybridized carbons (Fsp3) is 0.400. The van der Waals surface area contributed by atoms with Crippen LogP contribution in [0.1, 0.15) is 23.7 Å². The standard InChI is InChI=1S/C15H18N4O3/c1-10(20)18-6-3-7-19(9-8-18)15-16-12-5-2-4-11(14(21)22)13(12)17-15/h2,4-5H,3,6-9H2,1H3,(H,16,17)(H,21,22). The summed E-state index contributed by atoms with van der Waals surface area (Å²) in [6.45, 7) is 4.44. The van der Waals surface area contributed by atoms with E-state index in [1.165, 1.54) is 0 Å². The second-order valence-corrected chi connectivity index (χ2v) is 5.41. The molecular weight excluding hydrogens is 284 g/mol. The first-order valence-electron chi connectivity index (χ1n) is 7.29. The molecule has 0 bridgehead atoms. The molecule has 1 aliphatic rings. The van der Waals surface area contributed by atoms with E-state index >= 15 is 0 Å². The zero-order valence-corrected chi connectivity index (χ0v) is 12.4. The van der Waals surface area contributed by atoms with Gasteiger partial charge in [-0.25, -0.2) is 9.78 Å². The van der Waals surface area contributed by atoms with Crippen LogP contribution in [-0.4, -0.2) is 58.0 Å². The van der Waals surface area contributed by atoms with Crippen molar-refractivity contribution in [2.75, 3.05) is 31.1 Å². The highest BCUT2D eigenvalue weighted by molar-refractivity contribution is 6.01. The molecule has 1 aliphatic heterocycles. The second kappa shape index (κ2) is 5.67. The number of H-pyrrole nitrogens is 1. The van der Waals surface area contributed by atoms with Gasteiger partial charge in [0.25, 0.3) is 0 Å². The highest BCUT2D eigenvalue weighted by atomic mass is 16.4. The summed E-state index contributed by atoms with van der Waals surface area (Å²) >= 11 is 0. The van der Waals surface area contributed by atoms with Gasteiger partial charge in [0.15, 0.2) is 0 Å². The van der Waals surface area contributed by atoms with Crippen LogP contribution < -0.4 is 4.90 Å². The van der Waals surface area contributed by atoms with Gasteiger partial charge in [0.05, 0.1) is 11.1 Å². The van der Waals surface area contributed by atoms with E-state index in [-0.39, 0.29) is 11.5 Å². The number of carbonyl (C=O) groups is 2. The largest absolute Gasteiger partial charge is 0.478 e. The number of hydrogen-bond donors (Lipinski definition) is 2. The quantitative estimate of drug-likeness (QED) is 0.873. The Hall–Kier alpha value is -2.57. The number of aromatic carboxylic acids is 1. The summed E-state index contributed by atoms with van der Waals surface area (Å²) in [6, 6.07) is 5.07. The number of aromatic amines is 1. The van der Waals surface area contributed by atoms with Crippen LogP contribution in [0.15, 0.2) is 18.2 Å². The molecule has 1 amide bonds. The van der Waals surface area contributed by atoms with Gasteiger partial charge in [-0.1, -0.05) is 6.07 Å². The maximum Gasteiger partial charge on any atom is 0.337 e. The van der Waals surface area contributed by atoms with Crippen molar-refractivity contribution in [1.29, 1.82) is 0 Å². The first-order valence-corrected chi connectivity index (χ1v) is 7.29. The normalized spacial score (nSPS) is 15.9. The molecule has 2 heterocycles. The van der Waals surface area contributed by atoms with Crippen molar-refractivity contribution in [2.45, 2.75) is 13.3 Å². The average molecular weight is 302 g/mol. The molecule has 0 atom stereocenters. The SMILES string of the molecule is CC(=O)N1CCCN(c2nc3c(C(=O)O)cccc3[nH]2)CC1. The molecule has 1 aromatic heterocycles. The van der Waals surface area contributed by atoms with Crippen molar-refractivity contribution in [3.8, 4) is 0 Å². The third-order valence-corrected chi connectivity index (χ3v) is 3.97. The molecule has 116 valence electrons. The minimum absolute atomic E-state index is 0.0830. The maximum atomic E-state index is 11.5. The van der Waals surface area contributed by atoms with E-state index in [0.717, 1.165) is 19.5 Å². The van der Waals surface area contributed by atoms with Crippen molar-refractivity contribution < 1.29 is 14.7 Å². The summed E-state index contributed by atoms with van der Waals surface area (Å²) in [6.07, 6.45) is 0.864. The lowest BCUT2D eigenvalue weighted by atomic mass is 10.2. The van der Waals surface area contributed by atoms with Gasteiger partial charge in [-0.3, -0.25) is 4.79 Å². The fourth-order valence-electron chi connectivity index (χ4n) is 2.79. The van der Waals surface area contributed by atoms with E-state index in [0.29, 0.717) is 30.1 Å². The smallest absolute Gasteiger partial charge is 0.337 e. The number of nitrogens with zero attached hydrogens (tertiary/aromatic N) is 3. The zero-order chi connectivity index (χ0) is 15.7. The predicted molar refractivity (Wildman–Crippen MR) is 82.1 cm³/mol. The topological polar surface area (TPSA) is 89.5 Å². The lowest BCUT2D eigenvalue weighted by molar-refractivity contribution is -0.128. The van der Waals surface area contributed by atoms with Crippen LogP contribution in [0, 0.1) is 0 Å². The number of imidazole rings is 1. The number of fused-ring (bicyclic) bond motifs is 1. The number of amides is 1. The van der Waals surface area contributed by atoms with Crippen molar-refractivity contribution >= 4 is 28.9 Å². The van der Waals surface area contributed by atoms with Crippen LogP contribution in [0.3, 0.4) is 0 Å². The van der Waals surface area contributed by atoms with Gasteiger partial charge in [0, 0.05) is 33.1 Å². The van der Waals surface area contributed by atoms with Crippen LogP contribution in [0.25, 0.3) is 11.0 Å². The zero-order valence-electron chi connectivity index (χ0n) is 12.4. The number of nitrogens with one attached hydrogen (secondary N) is 1. The summed E-state index contributed by atoms with van der Waals surface area (Å²) in [7, 11) is 0. The van der Waals surface area contributed by atoms with Crippen molar-refractivity contribution in [3.63, 3.8) is 0 Å². The summed E-state index contributed by atoms with van der Waals surface area (Å²) in [5.41, 5.74) is 1.38. The van der Waals surface area contributed by atoms with Gasteiger partial charge in [-0.05, 0) is 18.6 Å². The molecule has 0 radical (unpaired) electrons. The number of carboxylic acid groups (broad SMARTS) is 1. The molecule has 3 rings (SSSR count). The molecule has 7 heteroatoms. The maximum absolute atomic E-state index is 11.5. The molecule has 0 saturated carbocycles. The van der Waals surface area contributed by atoms with Crippen LogP contribution >= 0.6 is 0 Å². The Morgan fingerprint density at radius 3 is 2.77 bits per heavy atom. The molecule has 1 aromatic carbocycles. The minimum Gasteiger partial charge on any atom is -0.478 e. The van der Waals surface area contributed by atoms with Gasteiger partial charge in [-0.2, -0.15) is 0 Å². The summed E-state index contributed by atoms with van der Waals surface area (Å²) in [5, 5.41) is 9.23. The fourth-order valence-corrected chi connectivity index (χ4v) is 2.79. The highest BCUT2D eigenvalue weighted by Gasteiger charge is 2.20. The lowest BCUT2D eigenvalue weighted by Crippen LogP contribution is -2.33. The number of benzene rings is 1. The molecule has 7 nitrogen and oxygen atoms in total. The van der Waals surface area contributed by atoms with Crippen molar-refractivity contribution in [3.05, 3.63) is 23.8 Å². The molecule has 22 heavy (non-hydrogen) atoms. The van der Waals surface area contributed by atoms with Gasteiger partial charge < -0.3 is 19.9 Å². The third kappa shape index (κ3) is 2.61. The number of para-hydroxylation sites is 1. The molecule has 2 N–H and O–H groups in total. The Morgan fingerprint density at radius 1 is 1.23 bits per heavy atom. The minimum atomic E-state index is -0.984. The highest BCUT2D eigenvalue weighted by Crippen LogP contribution is 2.22. The van der Waals surface area contributed by atoms with E-state index in [9.17, 15) is 14.7 Å². The van der Waals surface area contributed by atoms with E-state index in [1.807, 2.05) is 11.0 Å². The number of carboxylic acids is 1. The van der Waals surface area contributed by atoms with Gasteiger partial charge in [0.1, 0.15) is 5.52 Å². The number of anilines is 1. The molecule has 1 fully saturated rings. The van der Waals surface area contributed by atoms with Crippen LogP contribution in [0.4, 0.5) is 5.95 Å².